The smallest absolute Gasteiger partial charge is 0.539 e. The number of ether oxygens (including phenoxy) is 1. The molecule has 3 aromatic rings. The van der Waals surface area contributed by atoms with Crippen LogP contribution in [0.5, 0.6) is 5.75 Å². The fraction of sp³-hybridized carbons (Fsp3) is 0.286. The van der Waals surface area contributed by atoms with E-state index in [1.54, 1.807) is 7.11 Å². The Kier molecular flexibility index (Phi) is 12.9. The van der Waals surface area contributed by atoms with Crippen molar-refractivity contribution in [2.75, 3.05) is 7.11 Å². The van der Waals surface area contributed by atoms with Crippen molar-refractivity contribution in [3.63, 3.8) is 0 Å². The van der Waals surface area contributed by atoms with Gasteiger partial charge in [0.1, 0.15) is 0 Å². The monoisotopic (exact) mass is 467 g/mol. The zero-order valence-corrected chi connectivity index (χ0v) is 21.2. The topological polar surface area (TPSA) is 9.23 Å². The van der Waals surface area contributed by atoms with Crippen LogP contribution in [0.25, 0.3) is 22.3 Å². The Bertz CT molecular complexity index is 914. The van der Waals surface area contributed by atoms with Crippen molar-refractivity contribution in [3.8, 4) is 28.0 Å². The number of halogens is 1. The summed E-state index contributed by atoms with van der Waals surface area (Å²) in [6, 6.07) is 21.8. The van der Waals surface area contributed by atoms with Crippen molar-refractivity contribution in [1.29, 1.82) is 0 Å². The molecule has 0 aliphatic heterocycles. The van der Waals surface area contributed by atoms with Crippen LogP contribution in [-0.4, -0.2) is 7.11 Å². The fourth-order valence-corrected chi connectivity index (χ4v) is 3.40. The predicted octanol–water partition coefficient (Wildman–Crippen LogP) is 8.63. The minimum absolute atomic E-state index is 0. The molecule has 1 radical (unpaired) electrons. The van der Waals surface area contributed by atoms with Crippen LogP contribution in [0.4, 0.5) is 0 Å². The molecule has 161 valence electrons. The Morgan fingerprint density at radius 3 is 2.16 bits per heavy atom. The maximum Gasteiger partial charge on any atom is 3.00 e. The molecule has 31 heavy (non-hydrogen) atoms. The van der Waals surface area contributed by atoms with Crippen LogP contribution in [0, 0.1) is 19.9 Å². The van der Waals surface area contributed by atoms with Gasteiger partial charge >= 0.3 is 21.7 Å². The van der Waals surface area contributed by atoms with Crippen LogP contribution in [0.3, 0.4) is 0 Å². The summed E-state index contributed by atoms with van der Waals surface area (Å²) in [5.74, 6) is 0.871. The number of methoxy groups -OCH3 is 1. The molecule has 0 aromatic heterocycles. The van der Waals surface area contributed by atoms with E-state index in [0.29, 0.717) is 0 Å². The van der Waals surface area contributed by atoms with Crippen LogP contribution < -0.4 is 4.74 Å². The van der Waals surface area contributed by atoms with E-state index >= 15 is 0 Å². The van der Waals surface area contributed by atoms with Crippen molar-refractivity contribution in [2.24, 2.45) is 0 Å². The Labute approximate surface area is 209 Å². The Balaban J connectivity index is 0.000000465. The zero-order valence-electron chi connectivity index (χ0n) is 18.9. The van der Waals surface area contributed by atoms with Gasteiger partial charge in [-0.15, -0.1) is 23.3 Å². The third-order valence-corrected chi connectivity index (χ3v) is 5.13. The quantitative estimate of drug-likeness (QED) is 0.215. The van der Waals surface area contributed by atoms with E-state index in [0.717, 1.165) is 35.6 Å². The van der Waals surface area contributed by atoms with E-state index in [4.69, 9.17) is 16.3 Å². The average Bonchev–Trinajstić information content (AvgIpc) is 3.17. The van der Waals surface area contributed by atoms with Gasteiger partial charge in [0, 0.05) is 10.8 Å². The minimum Gasteiger partial charge on any atom is -0.539 e. The van der Waals surface area contributed by atoms with E-state index in [2.05, 4.69) is 64.1 Å². The summed E-state index contributed by atoms with van der Waals surface area (Å²) in [6.07, 6.45) is 5.42. The maximum absolute atomic E-state index is 6.16. The molecule has 4 rings (SSSR count). The number of hydrogen-bond acceptors (Lipinski definition) is 1. The van der Waals surface area contributed by atoms with E-state index in [1.807, 2.05) is 24.3 Å². The molecule has 3 aromatic carbocycles. The largest absolute Gasteiger partial charge is 3.00 e. The van der Waals surface area contributed by atoms with E-state index in [1.165, 1.54) is 40.7 Å². The van der Waals surface area contributed by atoms with E-state index in [-0.39, 0.29) is 21.7 Å². The van der Waals surface area contributed by atoms with Crippen LogP contribution in [0.2, 0.25) is 5.02 Å². The molecule has 1 aliphatic carbocycles. The normalized spacial score (nSPS) is 10.4. The van der Waals surface area contributed by atoms with Gasteiger partial charge in [-0.2, -0.15) is 12.8 Å². The first kappa shape index (κ1) is 27.5. The second-order valence-electron chi connectivity index (χ2n) is 7.14. The van der Waals surface area contributed by atoms with Crippen molar-refractivity contribution in [3.05, 3.63) is 90.7 Å². The third kappa shape index (κ3) is 7.24. The number of fused-ring (bicyclic) bond motifs is 3. The summed E-state index contributed by atoms with van der Waals surface area (Å²) in [7, 11) is 1.71. The van der Waals surface area contributed by atoms with Gasteiger partial charge in [-0.3, -0.25) is 0 Å². The fourth-order valence-electron chi connectivity index (χ4n) is 3.21. The molecule has 1 aliphatic rings. The van der Waals surface area contributed by atoms with Crippen LogP contribution in [0.1, 0.15) is 50.7 Å². The maximum atomic E-state index is 6.16. The third-order valence-electron chi connectivity index (χ3n) is 4.89. The van der Waals surface area contributed by atoms with Crippen LogP contribution in [-0.2, 0) is 28.1 Å². The number of hydrogen-bond donors (Lipinski definition) is 0. The molecule has 0 saturated heterocycles. The van der Waals surface area contributed by atoms with Gasteiger partial charge in [0.15, 0.2) is 0 Å². The summed E-state index contributed by atoms with van der Waals surface area (Å²) < 4.78 is 5.57. The summed E-state index contributed by atoms with van der Waals surface area (Å²) in [5, 5.41) is 0.774. The summed E-state index contributed by atoms with van der Waals surface area (Å²) >= 11 is 6.16. The van der Waals surface area contributed by atoms with Crippen molar-refractivity contribution in [1.82, 2.24) is 0 Å². The summed E-state index contributed by atoms with van der Waals surface area (Å²) in [4.78, 5) is 0. The van der Waals surface area contributed by atoms with E-state index in [9.17, 15) is 0 Å². The standard InChI is InChI=1S/C20H14ClO.2C4H9.Ti/c1-22-19-10-9-16(13-5-3-2-4-6-13)18-12-14-11-15(21)7-8-17(14)20(18)19;2*1-3-4-2;/h2-8,10-11H,12H2,1H3;2*1,3-4H2,2H3;/q3*-1;+3. The predicted molar refractivity (Wildman–Crippen MR) is 131 cm³/mol. The molecule has 0 fully saturated rings. The number of benzene rings is 3. The van der Waals surface area contributed by atoms with Gasteiger partial charge in [0.05, 0.1) is 7.11 Å². The minimum atomic E-state index is 0. The molecule has 0 amide bonds. The molecule has 0 N–H and O–H groups in total. The molecule has 0 heterocycles. The number of rotatable bonds is 4. The Morgan fingerprint density at radius 2 is 1.61 bits per heavy atom. The molecule has 0 unspecified atom stereocenters. The molecule has 0 bridgehead atoms. The Morgan fingerprint density at radius 1 is 1.00 bits per heavy atom. The summed E-state index contributed by atoms with van der Waals surface area (Å²) in [5.41, 5.74) is 7.22. The van der Waals surface area contributed by atoms with Crippen LogP contribution >= 0.6 is 11.6 Å². The summed E-state index contributed by atoms with van der Waals surface area (Å²) in [6.45, 7) is 11.4. The molecule has 3 heteroatoms. The first-order chi connectivity index (χ1) is 14.6. The molecular formula is C28H32ClOTi. The van der Waals surface area contributed by atoms with Gasteiger partial charge in [0.25, 0.3) is 0 Å². The molecule has 0 saturated carbocycles. The molecular weight excluding hydrogens is 436 g/mol. The molecule has 0 spiro atoms. The van der Waals surface area contributed by atoms with Gasteiger partial charge < -0.3 is 18.6 Å². The average molecular weight is 468 g/mol. The second-order valence-corrected chi connectivity index (χ2v) is 7.57. The van der Waals surface area contributed by atoms with Crippen molar-refractivity contribution in [2.45, 2.75) is 46.0 Å². The Hall–Kier alpha value is -1.54. The molecule has 0 atom stereocenters. The van der Waals surface area contributed by atoms with Gasteiger partial charge in [-0.1, -0.05) is 85.8 Å². The SMILES string of the molecule is COc1c[c-]c(-c2ccccc2)c2c1-c1ccc(Cl)cc1C2.[CH2-]CCC.[CH2-]CCC.[Ti+3]. The first-order valence-electron chi connectivity index (χ1n) is 10.6. The second kappa shape index (κ2) is 14.5. The van der Waals surface area contributed by atoms with Gasteiger partial charge in [-0.05, 0) is 29.7 Å². The zero-order chi connectivity index (χ0) is 21.9. The van der Waals surface area contributed by atoms with Gasteiger partial charge in [0.2, 0.25) is 0 Å². The van der Waals surface area contributed by atoms with Crippen molar-refractivity contribution < 1.29 is 26.5 Å². The van der Waals surface area contributed by atoms with Gasteiger partial charge in [-0.25, -0.2) is 0 Å². The first-order valence-corrected chi connectivity index (χ1v) is 11.0. The number of unbranched alkanes of at least 4 members (excludes halogenated alkanes) is 2. The molecule has 1 nitrogen and oxygen atoms in total. The van der Waals surface area contributed by atoms with E-state index < -0.39 is 0 Å². The van der Waals surface area contributed by atoms with Crippen molar-refractivity contribution >= 4 is 11.6 Å². The van der Waals surface area contributed by atoms with Crippen LogP contribution in [0.15, 0.2) is 54.6 Å².